The van der Waals surface area contributed by atoms with Crippen molar-refractivity contribution in [3.63, 3.8) is 0 Å². The first-order valence-corrected chi connectivity index (χ1v) is 6.72. The van der Waals surface area contributed by atoms with Crippen LogP contribution < -0.4 is 0 Å². The molecule has 84 valence electrons. The van der Waals surface area contributed by atoms with Crippen molar-refractivity contribution >= 4 is 27.5 Å². The Morgan fingerprint density at radius 2 is 2.47 bits per heavy atom. The van der Waals surface area contributed by atoms with Crippen LogP contribution >= 0.6 is 27.5 Å². The van der Waals surface area contributed by atoms with E-state index in [4.69, 9.17) is 11.6 Å². The third kappa shape index (κ3) is 1.96. The largest absolute Gasteiger partial charge is 0.268 e. The van der Waals surface area contributed by atoms with Crippen LogP contribution in [0.2, 0.25) is 5.02 Å². The monoisotopic (exact) mass is 290 g/mol. The van der Waals surface area contributed by atoms with Gasteiger partial charge in [0.15, 0.2) is 0 Å². The van der Waals surface area contributed by atoms with E-state index in [-0.39, 0.29) is 5.41 Å². The van der Waals surface area contributed by atoms with E-state index in [9.17, 15) is 0 Å². The number of hydrogen-bond donors (Lipinski definition) is 0. The molecule has 1 fully saturated rings. The van der Waals surface area contributed by atoms with Crippen molar-refractivity contribution in [2.75, 3.05) is 0 Å². The molecule has 0 amide bonds. The molecule has 2 nitrogen and oxygen atoms in total. The maximum absolute atomic E-state index is 6.24. The van der Waals surface area contributed by atoms with Gasteiger partial charge >= 0.3 is 0 Å². The molecular formula is C11H16BrClN2. The lowest BCUT2D eigenvalue weighted by atomic mass is 9.85. The molecule has 0 spiro atoms. The lowest BCUT2D eigenvalue weighted by molar-refractivity contribution is 0.436. The molecule has 2 rings (SSSR count). The minimum Gasteiger partial charge on any atom is -0.268 e. The van der Waals surface area contributed by atoms with E-state index in [0.717, 1.165) is 18.0 Å². The molecule has 1 aliphatic rings. The normalized spacial score (nSPS) is 31.1. The molecule has 1 aromatic rings. The van der Waals surface area contributed by atoms with E-state index in [1.165, 1.54) is 18.5 Å². The van der Waals surface area contributed by atoms with Gasteiger partial charge in [-0.3, -0.25) is 4.68 Å². The standard InChI is InChI=1S/C11H16BrClN2/c1-3-15-10(9(13)7-14-15)11(2)5-4-8(12)6-11/h7-8H,3-6H2,1-2H3. The zero-order valence-corrected chi connectivity index (χ0v) is 11.5. The maximum atomic E-state index is 6.24. The maximum Gasteiger partial charge on any atom is 0.0823 e. The highest BCUT2D eigenvalue weighted by atomic mass is 79.9. The van der Waals surface area contributed by atoms with Crippen molar-refractivity contribution in [3.8, 4) is 0 Å². The quantitative estimate of drug-likeness (QED) is 0.759. The Morgan fingerprint density at radius 1 is 1.73 bits per heavy atom. The van der Waals surface area contributed by atoms with E-state index in [1.807, 2.05) is 4.68 Å². The molecule has 1 heterocycles. The van der Waals surface area contributed by atoms with Gasteiger partial charge in [-0.05, 0) is 26.2 Å². The summed E-state index contributed by atoms with van der Waals surface area (Å²) in [6.45, 7) is 5.30. The zero-order chi connectivity index (χ0) is 11.1. The first-order valence-electron chi connectivity index (χ1n) is 5.42. The van der Waals surface area contributed by atoms with Gasteiger partial charge in [-0.15, -0.1) is 0 Å². The van der Waals surface area contributed by atoms with Crippen molar-refractivity contribution in [1.29, 1.82) is 0 Å². The van der Waals surface area contributed by atoms with Crippen LogP contribution in [0.1, 0.15) is 38.8 Å². The Kier molecular flexibility index (Phi) is 3.13. The molecule has 1 saturated carbocycles. The van der Waals surface area contributed by atoms with Crippen LogP contribution in [0.5, 0.6) is 0 Å². The third-order valence-electron chi connectivity index (χ3n) is 3.35. The summed E-state index contributed by atoms with van der Waals surface area (Å²) in [4.78, 5) is 0.624. The van der Waals surface area contributed by atoms with Crippen LogP contribution in [0, 0.1) is 0 Å². The highest BCUT2D eigenvalue weighted by Crippen LogP contribution is 2.45. The average Bonchev–Trinajstić information content (AvgIpc) is 2.71. The van der Waals surface area contributed by atoms with Crippen molar-refractivity contribution in [1.82, 2.24) is 9.78 Å². The second-order valence-electron chi connectivity index (χ2n) is 4.56. The van der Waals surface area contributed by atoms with E-state index in [1.54, 1.807) is 6.20 Å². The molecule has 0 radical (unpaired) electrons. The summed E-state index contributed by atoms with van der Waals surface area (Å²) >= 11 is 9.94. The van der Waals surface area contributed by atoms with Gasteiger partial charge in [0.1, 0.15) is 0 Å². The van der Waals surface area contributed by atoms with Crippen LogP contribution in [0.4, 0.5) is 0 Å². The van der Waals surface area contributed by atoms with Gasteiger partial charge < -0.3 is 0 Å². The Hall–Kier alpha value is -0.0200. The van der Waals surface area contributed by atoms with Gasteiger partial charge in [0.05, 0.1) is 16.9 Å². The molecule has 2 unspecified atom stereocenters. The molecule has 0 N–H and O–H groups in total. The number of nitrogens with zero attached hydrogens (tertiary/aromatic N) is 2. The third-order valence-corrected chi connectivity index (χ3v) is 4.41. The fraction of sp³-hybridized carbons (Fsp3) is 0.727. The molecule has 0 saturated heterocycles. The molecule has 1 aromatic heterocycles. The summed E-state index contributed by atoms with van der Waals surface area (Å²) in [6.07, 6.45) is 5.33. The SMILES string of the molecule is CCn1ncc(Cl)c1C1(C)CCC(Br)C1. The Labute approximate surface area is 104 Å². The van der Waals surface area contributed by atoms with E-state index in [0.29, 0.717) is 4.83 Å². The molecule has 15 heavy (non-hydrogen) atoms. The average molecular weight is 292 g/mol. The Morgan fingerprint density at radius 3 is 3.00 bits per heavy atom. The fourth-order valence-electron chi connectivity index (χ4n) is 2.59. The number of alkyl halides is 1. The van der Waals surface area contributed by atoms with Crippen LogP contribution in [0.3, 0.4) is 0 Å². The van der Waals surface area contributed by atoms with E-state index < -0.39 is 0 Å². The predicted molar refractivity (Wildman–Crippen MR) is 66.8 cm³/mol. The second kappa shape index (κ2) is 4.10. The molecule has 0 bridgehead atoms. The number of aromatic nitrogens is 2. The lowest BCUT2D eigenvalue weighted by Gasteiger charge is -2.25. The van der Waals surface area contributed by atoms with Crippen LogP contribution in [-0.4, -0.2) is 14.6 Å². The first kappa shape index (κ1) is 11.5. The zero-order valence-electron chi connectivity index (χ0n) is 9.13. The van der Waals surface area contributed by atoms with E-state index >= 15 is 0 Å². The van der Waals surface area contributed by atoms with E-state index in [2.05, 4.69) is 34.9 Å². The van der Waals surface area contributed by atoms with Gasteiger partial charge in [0.25, 0.3) is 0 Å². The highest BCUT2D eigenvalue weighted by Gasteiger charge is 2.39. The molecule has 0 aromatic carbocycles. The topological polar surface area (TPSA) is 17.8 Å². The lowest BCUT2D eigenvalue weighted by Crippen LogP contribution is -2.23. The van der Waals surface area contributed by atoms with Crippen molar-refractivity contribution in [2.45, 2.75) is 49.9 Å². The minimum absolute atomic E-state index is 0.192. The number of rotatable bonds is 2. The van der Waals surface area contributed by atoms with Gasteiger partial charge in [-0.1, -0.05) is 34.5 Å². The predicted octanol–water partition coefficient (Wildman–Crippen LogP) is 3.76. The summed E-state index contributed by atoms with van der Waals surface area (Å²) in [6, 6.07) is 0. The number of aryl methyl sites for hydroxylation is 1. The number of hydrogen-bond acceptors (Lipinski definition) is 1. The second-order valence-corrected chi connectivity index (χ2v) is 6.26. The first-order chi connectivity index (χ1) is 7.07. The molecule has 2 atom stereocenters. The summed E-state index contributed by atoms with van der Waals surface area (Å²) in [5, 5.41) is 5.14. The Balaban J connectivity index is 2.39. The van der Waals surface area contributed by atoms with Crippen molar-refractivity contribution < 1.29 is 0 Å². The summed E-state index contributed by atoms with van der Waals surface area (Å²) < 4.78 is 2.04. The molecule has 1 aliphatic carbocycles. The van der Waals surface area contributed by atoms with Gasteiger partial charge in [0.2, 0.25) is 0 Å². The van der Waals surface area contributed by atoms with Gasteiger partial charge in [-0.2, -0.15) is 5.10 Å². The molecule has 0 aliphatic heterocycles. The summed E-state index contributed by atoms with van der Waals surface area (Å²) in [7, 11) is 0. The van der Waals surface area contributed by atoms with Gasteiger partial charge in [-0.25, -0.2) is 0 Å². The molecular weight excluding hydrogens is 275 g/mol. The fourth-order valence-corrected chi connectivity index (χ4v) is 3.90. The van der Waals surface area contributed by atoms with Crippen LogP contribution in [-0.2, 0) is 12.0 Å². The highest BCUT2D eigenvalue weighted by molar-refractivity contribution is 9.09. The summed E-state index contributed by atoms with van der Waals surface area (Å²) in [5.74, 6) is 0. The van der Waals surface area contributed by atoms with Crippen LogP contribution in [0.15, 0.2) is 6.20 Å². The van der Waals surface area contributed by atoms with Crippen molar-refractivity contribution in [2.24, 2.45) is 0 Å². The molecule has 4 heteroatoms. The van der Waals surface area contributed by atoms with Crippen LogP contribution in [0.25, 0.3) is 0 Å². The number of halogens is 2. The summed E-state index contributed by atoms with van der Waals surface area (Å²) in [5.41, 5.74) is 1.41. The minimum atomic E-state index is 0.192. The Bertz CT molecular complexity index is 363. The van der Waals surface area contributed by atoms with Crippen molar-refractivity contribution in [3.05, 3.63) is 16.9 Å². The smallest absolute Gasteiger partial charge is 0.0823 e. The van der Waals surface area contributed by atoms with Gasteiger partial charge in [0, 0.05) is 16.8 Å².